The van der Waals surface area contributed by atoms with Gasteiger partial charge in [-0.3, -0.25) is 9.48 Å². The van der Waals surface area contributed by atoms with Gasteiger partial charge in [-0.15, -0.1) is 0 Å². The Morgan fingerprint density at radius 2 is 2.00 bits per heavy atom. The minimum absolute atomic E-state index is 0.254. The molecule has 0 radical (unpaired) electrons. The van der Waals surface area contributed by atoms with Crippen LogP contribution in [0.2, 0.25) is 5.02 Å². The molecule has 0 spiro atoms. The summed E-state index contributed by atoms with van der Waals surface area (Å²) in [6.07, 6.45) is 8.29. The number of amides is 1. The summed E-state index contributed by atoms with van der Waals surface area (Å²) in [6.45, 7) is 0. The van der Waals surface area contributed by atoms with E-state index in [0.29, 0.717) is 41.3 Å². The maximum atomic E-state index is 13.9. The molecule has 0 bridgehead atoms. The first-order chi connectivity index (χ1) is 15.9. The molecule has 0 atom stereocenters. The van der Waals surface area contributed by atoms with Crippen LogP contribution in [0, 0.1) is 5.82 Å². The van der Waals surface area contributed by atoms with Gasteiger partial charge < -0.3 is 10.1 Å². The van der Waals surface area contributed by atoms with Gasteiger partial charge in [0.25, 0.3) is 0 Å². The lowest BCUT2D eigenvalue weighted by atomic mass is 9.93. The zero-order chi connectivity index (χ0) is 23.2. The topological polar surface area (TPSA) is 73.2 Å². The molecule has 8 heteroatoms. The number of aromatic nitrogens is 2. The Morgan fingerprint density at radius 3 is 2.64 bits per heavy atom. The molecule has 1 amide bonds. The second-order valence-electron chi connectivity index (χ2n) is 8.74. The molecule has 2 aliphatic carbocycles. The van der Waals surface area contributed by atoms with Crippen LogP contribution in [0.5, 0.6) is 0 Å². The van der Waals surface area contributed by atoms with Gasteiger partial charge in [-0.2, -0.15) is 5.10 Å². The highest BCUT2D eigenvalue weighted by atomic mass is 35.5. The summed E-state index contributed by atoms with van der Waals surface area (Å²) in [7, 11) is 1.32. The molecule has 1 heterocycles. The number of benzene rings is 2. The van der Waals surface area contributed by atoms with Crippen LogP contribution < -0.4 is 5.32 Å². The Bertz CT molecular complexity index is 1230. The van der Waals surface area contributed by atoms with Crippen LogP contribution in [0.25, 0.3) is 11.1 Å². The predicted molar refractivity (Wildman–Crippen MR) is 123 cm³/mol. The monoisotopic (exact) mass is 467 g/mol. The number of carbonyl (C=O) groups is 2. The molecule has 33 heavy (non-hydrogen) atoms. The number of ether oxygens (including phenoxy) is 1. The molecular weight excluding hydrogens is 445 g/mol. The van der Waals surface area contributed by atoms with Gasteiger partial charge in [0.15, 0.2) is 0 Å². The van der Waals surface area contributed by atoms with Gasteiger partial charge in [-0.25, -0.2) is 9.18 Å². The zero-order valence-electron chi connectivity index (χ0n) is 18.1. The lowest BCUT2D eigenvalue weighted by Crippen LogP contribution is -2.28. The van der Waals surface area contributed by atoms with Crippen molar-refractivity contribution in [1.82, 2.24) is 9.78 Å². The van der Waals surface area contributed by atoms with Gasteiger partial charge in [0.2, 0.25) is 5.91 Å². The van der Waals surface area contributed by atoms with Gasteiger partial charge >= 0.3 is 5.97 Å². The minimum atomic E-state index is -0.820. The average Bonchev–Trinajstić information content (AvgIpc) is 3.44. The van der Waals surface area contributed by atoms with Crippen molar-refractivity contribution in [1.29, 1.82) is 0 Å². The number of carbonyl (C=O) groups excluding carboxylic acids is 2. The van der Waals surface area contributed by atoms with Crippen LogP contribution in [-0.4, -0.2) is 28.8 Å². The van der Waals surface area contributed by atoms with Gasteiger partial charge in [0.05, 0.1) is 30.3 Å². The van der Waals surface area contributed by atoms with Crippen LogP contribution in [0.4, 0.5) is 10.1 Å². The number of esters is 1. The second-order valence-corrected chi connectivity index (χ2v) is 9.18. The fourth-order valence-corrected chi connectivity index (χ4v) is 4.56. The quantitative estimate of drug-likeness (QED) is 0.484. The van der Waals surface area contributed by atoms with Gasteiger partial charge in [-0.05, 0) is 73.6 Å². The minimum Gasteiger partial charge on any atom is -0.465 e. The maximum absolute atomic E-state index is 13.9. The van der Waals surface area contributed by atoms with Crippen LogP contribution >= 0.6 is 11.6 Å². The molecule has 6 nitrogen and oxygen atoms in total. The summed E-state index contributed by atoms with van der Waals surface area (Å²) in [5.41, 5.74) is 2.03. The standard InChI is InChI=1S/C25H23ClFN3O3/c1-33-23(31)22-12-19(5-6-21(22)15-13-28-30(14-15)20-3-2-4-20)29-24(32)25(7-8-25)16-9-17(26)11-18(27)10-16/h5-6,9-14,20H,2-4,7-8H2,1H3,(H,29,32). The number of hydrogen-bond acceptors (Lipinski definition) is 4. The van der Waals surface area contributed by atoms with Crippen LogP contribution in [0.1, 0.15) is 54.1 Å². The number of halogens is 2. The van der Waals surface area contributed by atoms with E-state index in [1.54, 1.807) is 30.5 Å². The Morgan fingerprint density at radius 1 is 1.21 bits per heavy atom. The largest absolute Gasteiger partial charge is 0.465 e. The van der Waals surface area contributed by atoms with Gasteiger partial charge in [-0.1, -0.05) is 17.7 Å². The van der Waals surface area contributed by atoms with Crippen LogP contribution in [0.15, 0.2) is 48.8 Å². The van der Waals surface area contributed by atoms with E-state index in [1.165, 1.54) is 25.7 Å². The lowest BCUT2D eigenvalue weighted by molar-refractivity contribution is -0.118. The Kier molecular flexibility index (Phi) is 5.44. The molecular formula is C25H23ClFN3O3. The van der Waals surface area contributed by atoms with E-state index in [1.807, 2.05) is 10.9 Å². The fourth-order valence-electron chi connectivity index (χ4n) is 4.33. The van der Waals surface area contributed by atoms with Crippen molar-refractivity contribution in [3.05, 3.63) is 70.8 Å². The summed E-state index contributed by atoms with van der Waals surface area (Å²) >= 11 is 6.00. The van der Waals surface area contributed by atoms with E-state index in [4.69, 9.17) is 16.3 Å². The molecule has 2 saturated carbocycles. The summed E-state index contributed by atoms with van der Waals surface area (Å²) < 4.78 is 20.8. The van der Waals surface area contributed by atoms with E-state index >= 15 is 0 Å². The van der Waals surface area contributed by atoms with E-state index in [-0.39, 0.29) is 10.9 Å². The number of nitrogens with one attached hydrogen (secondary N) is 1. The Labute approximate surface area is 195 Å². The smallest absolute Gasteiger partial charge is 0.338 e. The maximum Gasteiger partial charge on any atom is 0.338 e. The van der Waals surface area contributed by atoms with Gasteiger partial charge in [0, 0.05) is 22.5 Å². The van der Waals surface area contributed by atoms with E-state index in [2.05, 4.69) is 10.4 Å². The first kappa shape index (κ1) is 21.6. The third-order valence-electron chi connectivity index (χ3n) is 6.64. The highest BCUT2D eigenvalue weighted by Crippen LogP contribution is 2.49. The number of rotatable bonds is 6. The number of methoxy groups -OCH3 is 1. The number of nitrogens with zero attached hydrogens (tertiary/aromatic N) is 2. The third-order valence-corrected chi connectivity index (χ3v) is 6.86. The van der Waals surface area contributed by atoms with Crippen molar-refractivity contribution in [3.63, 3.8) is 0 Å². The molecule has 2 fully saturated rings. The normalized spacial score (nSPS) is 16.7. The van der Waals surface area contributed by atoms with Crippen LogP contribution in [-0.2, 0) is 14.9 Å². The van der Waals surface area contributed by atoms with E-state index in [9.17, 15) is 14.0 Å². The second kappa shape index (κ2) is 8.30. The Balaban J connectivity index is 1.42. The molecule has 1 aromatic heterocycles. The SMILES string of the molecule is COC(=O)c1cc(NC(=O)C2(c3cc(F)cc(Cl)c3)CC2)ccc1-c1cnn(C2CCC2)c1. The van der Waals surface area contributed by atoms with E-state index < -0.39 is 17.2 Å². The highest BCUT2D eigenvalue weighted by Gasteiger charge is 2.51. The van der Waals surface area contributed by atoms with Crippen molar-refractivity contribution in [2.24, 2.45) is 0 Å². The molecule has 2 aromatic carbocycles. The van der Waals surface area contributed by atoms with Crippen molar-refractivity contribution < 1.29 is 18.7 Å². The summed E-state index contributed by atoms with van der Waals surface area (Å²) in [5, 5.41) is 7.60. The van der Waals surface area contributed by atoms with Crippen molar-refractivity contribution >= 4 is 29.2 Å². The zero-order valence-corrected chi connectivity index (χ0v) is 18.9. The number of hydrogen-bond donors (Lipinski definition) is 1. The molecule has 170 valence electrons. The first-order valence-corrected chi connectivity index (χ1v) is 11.3. The molecule has 0 unspecified atom stereocenters. The lowest BCUT2D eigenvalue weighted by Gasteiger charge is -2.25. The van der Waals surface area contributed by atoms with Gasteiger partial charge in [0.1, 0.15) is 5.82 Å². The molecule has 0 aliphatic heterocycles. The Hall–Kier alpha value is -3.19. The summed E-state index contributed by atoms with van der Waals surface area (Å²) in [4.78, 5) is 25.7. The molecule has 5 rings (SSSR count). The molecule has 1 N–H and O–H groups in total. The van der Waals surface area contributed by atoms with Crippen molar-refractivity contribution in [3.8, 4) is 11.1 Å². The number of anilines is 1. The molecule has 0 saturated heterocycles. The fraction of sp³-hybridized carbons (Fsp3) is 0.320. The molecule has 2 aliphatic rings. The summed E-state index contributed by atoms with van der Waals surface area (Å²) in [6, 6.07) is 9.73. The predicted octanol–water partition coefficient (Wildman–Crippen LogP) is 5.52. The van der Waals surface area contributed by atoms with Crippen molar-refractivity contribution in [2.45, 2.75) is 43.6 Å². The molecule has 3 aromatic rings. The van der Waals surface area contributed by atoms with E-state index in [0.717, 1.165) is 18.4 Å². The average molecular weight is 468 g/mol. The summed E-state index contributed by atoms with van der Waals surface area (Å²) in [5.74, 6) is -1.24. The first-order valence-electron chi connectivity index (χ1n) is 10.9. The van der Waals surface area contributed by atoms with Crippen molar-refractivity contribution in [2.75, 3.05) is 12.4 Å². The third kappa shape index (κ3) is 4.02. The highest BCUT2D eigenvalue weighted by molar-refractivity contribution is 6.30. The van der Waals surface area contributed by atoms with Crippen LogP contribution in [0.3, 0.4) is 0 Å².